The maximum absolute atomic E-state index is 13.6. The van der Waals surface area contributed by atoms with Gasteiger partial charge in [-0.05, 0) is 86.9 Å². The topological polar surface area (TPSA) is 48.7 Å². The van der Waals surface area contributed by atoms with Crippen molar-refractivity contribution in [1.82, 2.24) is 14.4 Å². The van der Waals surface area contributed by atoms with Gasteiger partial charge in [-0.1, -0.05) is 32.9 Å². The summed E-state index contributed by atoms with van der Waals surface area (Å²) < 4.78 is 1.96. The second-order valence-electron chi connectivity index (χ2n) is 9.80. The maximum Gasteiger partial charge on any atom is 0.328 e. The first-order valence-electron chi connectivity index (χ1n) is 12.4. The van der Waals surface area contributed by atoms with Gasteiger partial charge in [-0.3, -0.25) is 4.57 Å². The SMILES string of the molecule is CCCN(CCC)C(=O)n1cc(C)c2c1C[C@]1(c3cccc(O)c3)CCN(CC)C[C@H]1C2. The Bertz CT molecular complexity index is 960. The standard InChI is InChI=1S/C27H39N3O2/c1-5-12-29(13-6-2)26(32)30-18-20(4)24-16-22-19-28(7-3)14-11-27(22,17-25(24)30)21-9-8-10-23(31)15-21/h8-10,15,18,22,31H,5-7,11-14,16-17,19H2,1-4H3/t22-,27+/m1/s1. The third-order valence-corrected chi connectivity index (χ3v) is 7.84. The molecule has 2 aromatic rings. The van der Waals surface area contributed by atoms with Gasteiger partial charge in [-0.2, -0.15) is 0 Å². The first-order chi connectivity index (χ1) is 15.4. The van der Waals surface area contributed by atoms with E-state index in [1.165, 1.54) is 22.4 Å². The van der Waals surface area contributed by atoms with Gasteiger partial charge in [0.25, 0.3) is 0 Å². The van der Waals surface area contributed by atoms with Gasteiger partial charge in [-0.15, -0.1) is 0 Å². The lowest BCUT2D eigenvalue weighted by Crippen LogP contribution is -2.54. The molecule has 1 N–H and O–H groups in total. The van der Waals surface area contributed by atoms with Crippen LogP contribution in [0.1, 0.15) is 62.4 Å². The van der Waals surface area contributed by atoms with Crippen LogP contribution >= 0.6 is 0 Å². The van der Waals surface area contributed by atoms with E-state index in [4.69, 9.17) is 0 Å². The highest BCUT2D eigenvalue weighted by Crippen LogP contribution is 2.49. The third kappa shape index (κ3) is 3.96. The quantitative estimate of drug-likeness (QED) is 0.694. The van der Waals surface area contributed by atoms with E-state index in [1.807, 2.05) is 21.6 Å². The molecule has 5 heteroatoms. The number of carbonyl (C=O) groups is 1. The van der Waals surface area contributed by atoms with Crippen molar-refractivity contribution in [3.63, 3.8) is 0 Å². The Morgan fingerprint density at radius 2 is 1.97 bits per heavy atom. The second kappa shape index (κ2) is 9.30. The van der Waals surface area contributed by atoms with Crippen LogP contribution < -0.4 is 0 Å². The van der Waals surface area contributed by atoms with E-state index in [1.54, 1.807) is 6.07 Å². The molecule has 1 amide bonds. The summed E-state index contributed by atoms with van der Waals surface area (Å²) in [4.78, 5) is 18.2. The van der Waals surface area contributed by atoms with Gasteiger partial charge < -0.3 is 14.9 Å². The van der Waals surface area contributed by atoms with Gasteiger partial charge in [0.2, 0.25) is 0 Å². The Kier molecular flexibility index (Phi) is 6.66. The van der Waals surface area contributed by atoms with Crippen molar-refractivity contribution in [3.8, 4) is 5.75 Å². The van der Waals surface area contributed by atoms with Crippen molar-refractivity contribution in [2.75, 3.05) is 32.7 Å². The Balaban J connectivity index is 1.78. The summed E-state index contributed by atoms with van der Waals surface area (Å²) in [6, 6.07) is 7.99. The lowest BCUT2D eigenvalue weighted by molar-refractivity contribution is 0.0840. The number of hydrogen-bond acceptors (Lipinski definition) is 3. The maximum atomic E-state index is 13.6. The first kappa shape index (κ1) is 22.9. The molecule has 2 atom stereocenters. The van der Waals surface area contributed by atoms with Crippen LogP contribution in [0.25, 0.3) is 0 Å². The Morgan fingerprint density at radius 3 is 2.62 bits per heavy atom. The number of hydrogen-bond donors (Lipinski definition) is 1. The third-order valence-electron chi connectivity index (χ3n) is 7.84. The molecule has 0 saturated carbocycles. The summed E-state index contributed by atoms with van der Waals surface area (Å²) >= 11 is 0. The molecule has 174 valence electrons. The lowest BCUT2D eigenvalue weighted by Gasteiger charge is -2.51. The van der Waals surface area contributed by atoms with Gasteiger partial charge in [-0.25, -0.2) is 4.79 Å². The van der Waals surface area contributed by atoms with E-state index < -0.39 is 0 Å². The number of phenols is 1. The molecule has 5 nitrogen and oxygen atoms in total. The molecule has 2 heterocycles. The molecule has 1 fully saturated rings. The molecule has 1 aliphatic carbocycles. The van der Waals surface area contributed by atoms with E-state index >= 15 is 0 Å². The fourth-order valence-corrected chi connectivity index (χ4v) is 6.12. The molecule has 2 aliphatic rings. The van der Waals surface area contributed by atoms with Gasteiger partial charge >= 0.3 is 6.03 Å². The van der Waals surface area contributed by atoms with Crippen LogP contribution in [0.3, 0.4) is 0 Å². The van der Waals surface area contributed by atoms with Crippen molar-refractivity contribution < 1.29 is 9.90 Å². The summed E-state index contributed by atoms with van der Waals surface area (Å²) in [6.07, 6.45) is 6.93. The van der Waals surface area contributed by atoms with E-state index in [9.17, 15) is 9.90 Å². The number of piperidine rings is 1. The number of fused-ring (bicyclic) bond motifs is 2. The fourth-order valence-electron chi connectivity index (χ4n) is 6.12. The van der Waals surface area contributed by atoms with Gasteiger partial charge in [0.1, 0.15) is 5.75 Å². The zero-order valence-electron chi connectivity index (χ0n) is 20.2. The summed E-state index contributed by atoms with van der Waals surface area (Å²) in [5.41, 5.74) is 4.97. The lowest BCUT2D eigenvalue weighted by atomic mass is 9.58. The minimum atomic E-state index is -0.0411. The van der Waals surface area contributed by atoms with Crippen molar-refractivity contribution in [2.24, 2.45) is 5.92 Å². The molecule has 32 heavy (non-hydrogen) atoms. The molecule has 4 rings (SSSR count). The van der Waals surface area contributed by atoms with Crippen molar-refractivity contribution in [3.05, 3.63) is 52.8 Å². The Morgan fingerprint density at radius 1 is 1.22 bits per heavy atom. The van der Waals surface area contributed by atoms with E-state index in [0.29, 0.717) is 11.7 Å². The molecule has 1 saturated heterocycles. The van der Waals surface area contributed by atoms with Gasteiger partial charge in [0.05, 0.1) is 0 Å². The van der Waals surface area contributed by atoms with Gasteiger partial charge in [0.15, 0.2) is 0 Å². The van der Waals surface area contributed by atoms with Crippen LogP contribution in [0.4, 0.5) is 4.79 Å². The molecular weight excluding hydrogens is 398 g/mol. The fraction of sp³-hybridized carbons (Fsp3) is 0.593. The van der Waals surface area contributed by atoms with Crippen LogP contribution in [0.5, 0.6) is 5.75 Å². The zero-order chi connectivity index (χ0) is 22.9. The molecule has 0 spiro atoms. The molecular formula is C27H39N3O2. The van der Waals surface area contributed by atoms with E-state index in [-0.39, 0.29) is 11.4 Å². The number of phenolic OH excluding ortho intramolecular Hbond substituents is 1. The smallest absolute Gasteiger partial charge is 0.328 e. The molecule has 1 aliphatic heterocycles. The number of amides is 1. The highest BCUT2D eigenvalue weighted by atomic mass is 16.3. The normalized spacial score (nSPS) is 22.9. The number of aromatic nitrogens is 1. The Labute approximate surface area is 193 Å². The number of aromatic hydroxyl groups is 1. The number of likely N-dealkylation sites (tertiary alicyclic amines) is 1. The predicted molar refractivity (Wildman–Crippen MR) is 130 cm³/mol. The summed E-state index contributed by atoms with van der Waals surface area (Å²) in [6.45, 7) is 13.5. The second-order valence-corrected chi connectivity index (χ2v) is 9.80. The summed E-state index contributed by atoms with van der Waals surface area (Å²) in [5.74, 6) is 0.816. The largest absolute Gasteiger partial charge is 0.508 e. The van der Waals surface area contributed by atoms with E-state index in [0.717, 1.165) is 64.8 Å². The van der Waals surface area contributed by atoms with Crippen LogP contribution in [0, 0.1) is 12.8 Å². The van der Waals surface area contributed by atoms with E-state index in [2.05, 4.69) is 44.9 Å². The molecule has 1 aromatic carbocycles. The highest BCUT2D eigenvalue weighted by molar-refractivity contribution is 5.79. The zero-order valence-corrected chi connectivity index (χ0v) is 20.2. The highest BCUT2D eigenvalue weighted by Gasteiger charge is 2.48. The molecule has 0 unspecified atom stereocenters. The van der Waals surface area contributed by atoms with Crippen LogP contribution in [0.15, 0.2) is 30.5 Å². The molecule has 1 aromatic heterocycles. The van der Waals surface area contributed by atoms with Crippen molar-refractivity contribution in [1.29, 1.82) is 0 Å². The predicted octanol–water partition coefficient (Wildman–Crippen LogP) is 4.97. The molecule has 0 bridgehead atoms. The average molecular weight is 438 g/mol. The first-order valence-corrected chi connectivity index (χ1v) is 12.4. The van der Waals surface area contributed by atoms with Crippen LogP contribution in [-0.4, -0.2) is 58.2 Å². The number of aryl methyl sites for hydroxylation is 1. The number of nitrogens with zero attached hydrogens (tertiary/aromatic N) is 3. The minimum absolute atomic E-state index is 0.0411. The Hall–Kier alpha value is -2.27. The van der Waals surface area contributed by atoms with Crippen molar-refractivity contribution >= 4 is 6.03 Å². The monoisotopic (exact) mass is 437 g/mol. The minimum Gasteiger partial charge on any atom is -0.508 e. The van der Waals surface area contributed by atoms with Crippen molar-refractivity contribution in [2.45, 2.75) is 65.2 Å². The number of rotatable bonds is 6. The van der Waals surface area contributed by atoms with Gasteiger partial charge in [0, 0.05) is 36.9 Å². The average Bonchev–Trinajstić information content (AvgIpc) is 3.11. The van der Waals surface area contributed by atoms with Crippen LogP contribution in [0.2, 0.25) is 0 Å². The van der Waals surface area contributed by atoms with Crippen LogP contribution in [-0.2, 0) is 18.3 Å². The summed E-state index contributed by atoms with van der Waals surface area (Å²) in [7, 11) is 0. The molecule has 0 radical (unpaired) electrons. The number of carbonyl (C=O) groups excluding carboxylic acids is 1. The number of benzene rings is 1. The summed E-state index contributed by atoms with van der Waals surface area (Å²) in [5, 5.41) is 10.3.